The van der Waals surface area contributed by atoms with E-state index >= 15 is 0 Å². The zero-order chi connectivity index (χ0) is 42.8. The number of carbonyl (C=O) groups is 3. The molecule has 0 aliphatic rings. The first-order valence-electron chi connectivity index (χ1n) is 21.9. The SMILES string of the molecule is CC/C=C/C/C=C/C/C=C/C/C=C/C/C=C/C/C=C/CCCCCCC(=O)OC(COCCC(C(=O)[O-])[N+](C)(C)C)COC(=O)CCC/C=C/C/C=C/C/C=C/CC. The third-order valence-electron chi connectivity index (χ3n) is 8.90. The summed E-state index contributed by atoms with van der Waals surface area (Å²) in [6, 6.07) is -0.744. The van der Waals surface area contributed by atoms with Crippen molar-refractivity contribution in [3.63, 3.8) is 0 Å². The van der Waals surface area contributed by atoms with Crippen LogP contribution in [-0.4, -0.2) is 75.5 Å². The molecule has 0 bridgehead atoms. The summed E-state index contributed by atoms with van der Waals surface area (Å²) in [5.41, 5.74) is 0. The number of esters is 2. The number of quaternary nitrogens is 1. The Kier molecular flexibility index (Phi) is 37.0. The molecule has 0 spiro atoms. The maximum Gasteiger partial charge on any atom is 0.306 e. The lowest BCUT2D eigenvalue weighted by molar-refractivity contribution is -0.889. The summed E-state index contributed by atoms with van der Waals surface area (Å²) in [5, 5.41) is 11.6. The van der Waals surface area contributed by atoms with Crippen LogP contribution in [0.5, 0.6) is 0 Å². The third kappa shape index (κ3) is 37.6. The molecular formula is C50H79NO7. The van der Waals surface area contributed by atoms with Crippen LogP contribution >= 0.6 is 0 Å². The normalized spacial score (nSPS) is 14.0. The summed E-state index contributed by atoms with van der Waals surface area (Å²) in [4.78, 5) is 36.8. The van der Waals surface area contributed by atoms with Crippen LogP contribution in [0.25, 0.3) is 0 Å². The monoisotopic (exact) mass is 806 g/mol. The first kappa shape index (κ1) is 54.0. The van der Waals surface area contributed by atoms with Crippen LogP contribution in [0.2, 0.25) is 0 Å². The number of unbranched alkanes of at least 4 members (excludes halogenated alkanes) is 5. The quantitative estimate of drug-likeness (QED) is 0.0267. The second-order valence-corrected chi connectivity index (χ2v) is 15.2. The lowest BCUT2D eigenvalue weighted by atomic mass is 10.1. The van der Waals surface area contributed by atoms with Gasteiger partial charge in [0.2, 0.25) is 0 Å². The molecule has 0 amide bonds. The summed E-state index contributed by atoms with van der Waals surface area (Å²) >= 11 is 0. The van der Waals surface area contributed by atoms with Gasteiger partial charge in [-0.1, -0.05) is 136 Å². The van der Waals surface area contributed by atoms with Crippen LogP contribution in [0.1, 0.15) is 136 Å². The number of ether oxygens (including phenoxy) is 3. The number of carboxylic acids is 1. The highest BCUT2D eigenvalue weighted by Gasteiger charge is 2.25. The lowest BCUT2D eigenvalue weighted by Crippen LogP contribution is -2.55. The van der Waals surface area contributed by atoms with Crippen molar-refractivity contribution in [2.45, 2.75) is 148 Å². The molecule has 0 aromatic heterocycles. The Hall–Kier alpha value is -4.01. The van der Waals surface area contributed by atoms with Crippen molar-refractivity contribution in [3.8, 4) is 0 Å². The molecule has 0 radical (unpaired) electrons. The maximum absolute atomic E-state index is 12.7. The number of rotatable bonds is 37. The van der Waals surface area contributed by atoms with Gasteiger partial charge in [-0.25, -0.2) is 0 Å². The van der Waals surface area contributed by atoms with Gasteiger partial charge in [0, 0.05) is 19.3 Å². The van der Waals surface area contributed by atoms with Crippen LogP contribution in [-0.2, 0) is 28.6 Å². The van der Waals surface area contributed by atoms with Crippen molar-refractivity contribution in [1.29, 1.82) is 0 Å². The molecule has 0 rings (SSSR count). The van der Waals surface area contributed by atoms with Gasteiger partial charge in [-0.05, 0) is 89.9 Å². The van der Waals surface area contributed by atoms with Gasteiger partial charge in [-0.3, -0.25) is 9.59 Å². The smallest absolute Gasteiger partial charge is 0.306 e. The zero-order valence-corrected chi connectivity index (χ0v) is 36.9. The van der Waals surface area contributed by atoms with Gasteiger partial charge in [-0.15, -0.1) is 0 Å². The highest BCUT2D eigenvalue weighted by molar-refractivity contribution is 5.70. The molecule has 2 unspecified atom stereocenters. The van der Waals surface area contributed by atoms with Gasteiger partial charge >= 0.3 is 11.9 Å². The summed E-state index contributed by atoms with van der Waals surface area (Å²) in [7, 11) is 5.36. The van der Waals surface area contributed by atoms with E-state index in [4.69, 9.17) is 14.2 Å². The summed E-state index contributed by atoms with van der Waals surface area (Å²) < 4.78 is 17.0. The molecule has 0 saturated carbocycles. The van der Waals surface area contributed by atoms with E-state index in [0.29, 0.717) is 12.8 Å². The van der Waals surface area contributed by atoms with Crippen molar-refractivity contribution in [3.05, 3.63) is 109 Å². The zero-order valence-electron chi connectivity index (χ0n) is 36.9. The molecule has 0 fully saturated rings. The summed E-state index contributed by atoms with van der Waals surface area (Å²) in [5.74, 6) is -1.86. The molecule has 8 heteroatoms. The second-order valence-electron chi connectivity index (χ2n) is 15.2. The fourth-order valence-corrected chi connectivity index (χ4v) is 5.57. The number of aliphatic carboxylic acids is 1. The van der Waals surface area contributed by atoms with E-state index in [0.717, 1.165) is 89.9 Å². The minimum atomic E-state index is -1.14. The summed E-state index contributed by atoms with van der Waals surface area (Å²) in [6.07, 6.45) is 54.2. The number of likely N-dealkylation sites (N-methyl/N-ethyl adjacent to an activating group) is 1. The Morgan fingerprint density at radius 3 is 1.38 bits per heavy atom. The van der Waals surface area contributed by atoms with Gasteiger partial charge in [-0.2, -0.15) is 0 Å². The average molecular weight is 806 g/mol. The van der Waals surface area contributed by atoms with Crippen molar-refractivity contribution in [1.82, 2.24) is 0 Å². The molecular weight excluding hydrogens is 727 g/mol. The molecule has 8 nitrogen and oxygen atoms in total. The predicted molar refractivity (Wildman–Crippen MR) is 240 cm³/mol. The van der Waals surface area contributed by atoms with E-state index < -0.39 is 18.1 Å². The second kappa shape index (κ2) is 39.8. The molecule has 0 heterocycles. The minimum absolute atomic E-state index is 0.00633. The van der Waals surface area contributed by atoms with Crippen molar-refractivity contribution >= 4 is 17.9 Å². The van der Waals surface area contributed by atoms with E-state index in [-0.39, 0.29) is 55.5 Å². The molecule has 0 aliphatic carbocycles. The molecule has 58 heavy (non-hydrogen) atoms. The number of carbonyl (C=O) groups excluding carboxylic acids is 3. The average Bonchev–Trinajstić information content (AvgIpc) is 3.18. The highest BCUT2D eigenvalue weighted by atomic mass is 16.6. The van der Waals surface area contributed by atoms with Gasteiger partial charge < -0.3 is 28.6 Å². The number of carboxylic acid groups (broad SMARTS) is 1. The molecule has 0 aromatic rings. The van der Waals surface area contributed by atoms with E-state index in [1.807, 2.05) is 0 Å². The molecule has 0 saturated heterocycles. The van der Waals surface area contributed by atoms with Gasteiger partial charge in [0.1, 0.15) is 12.6 Å². The van der Waals surface area contributed by atoms with Crippen molar-refractivity contribution in [2.75, 3.05) is 41.0 Å². The number of nitrogens with zero attached hydrogens (tertiary/aromatic N) is 1. The molecule has 0 aliphatic heterocycles. The van der Waals surface area contributed by atoms with Crippen LogP contribution in [0.3, 0.4) is 0 Å². The molecule has 0 N–H and O–H groups in total. The van der Waals surface area contributed by atoms with E-state index in [9.17, 15) is 19.5 Å². The third-order valence-corrected chi connectivity index (χ3v) is 8.90. The van der Waals surface area contributed by atoms with Gasteiger partial charge in [0.15, 0.2) is 6.10 Å². The standard InChI is InChI=1S/C50H79NO7/c1-6-8-10-12-14-16-18-19-20-21-22-23-24-25-26-27-28-29-31-33-35-37-39-41-49(53)58-46(44-56-43-42-47(50(54)55)51(3,4)5)45-57-48(52)40-38-36-34-32-30-17-15-13-11-9-7-2/h8-11,14-17,19-20,22-23,25-26,28-29,32,34,46-47H,6-7,12-13,18,21,24,27,30-31,33,35-45H2,1-5H3/b10-8+,11-9+,16-14+,17-15+,20-19+,23-22+,26-25+,29-28+,34-32+. The Bertz CT molecular complexity index is 1310. The molecule has 0 aromatic carbocycles. The van der Waals surface area contributed by atoms with Crippen LogP contribution in [0.4, 0.5) is 0 Å². The number of allylic oxidation sites excluding steroid dienone is 18. The minimum Gasteiger partial charge on any atom is -0.544 e. The molecule has 2 atom stereocenters. The first-order valence-corrected chi connectivity index (χ1v) is 21.9. The van der Waals surface area contributed by atoms with Crippen molar-refractivity contribution < 1.29 is 38.2 Å². The fourth-order valence-electron chi connectivity index (χ4n) is 5.57. The van der Waals surface area contributed by atoms with E-state index in [1.165, 1.54) is 0 Å². The van der Waals surface area contributed by atoms with Gasteiger partial charge in [0.05, 0.1) is 40.3 Å². The number of hydrogen-bond donors (Lipinski definition) is 0. The topological polar surface area (TPSA) is 102 Å². The Morgan fingerprint density at radius 1 is 0.517 bits per heavy atom. The van der Waals surface area contributed by atoms with E-state index in [2.05, 4.69) is 123 Å². The van der Waals surface area contributed by atoms with Crippen LogP contribution in [0, 0.1) is 0 Å². The Morgan fingerprint density at radius 2 is 0.931 bits per heavy atom. The Labute approximate surface area is 353 Å². The Balaban J connectivity index is 4.43. The van der Waals surface area contributed by atoms with Crippen LogP contribution < -0.4 is 5.11 Å². The largest absolute Gasteiger partial charge is 0.544 e. The van der Waals surface area contributed by atoms with Gasteiger partial charge in [0.25, 0.3) is 0 Å². The first-order chi connectivity index (χ1) is 28.1. The van der Waals surface area contributed by atoms with Crippen molar-refractivity contribution in [2.24, 2.45) is 0 Å². The summed E-state index contributed by atoms with van der Waals surface area (Å²) in [6.45, 7) is 4.31. The lowest BCUT2D eigenvalue weighted by Gasteiger charge is -2.34. The maximum atomic E-state index is 12.7. The predicted octanol–water partition coefficient (Wildman–Crippen LogP) is 10.7. The van der Waals surface area contributed by atoms with E-state index in [1.54, 1.807) is 21.1 Å². The fraction of sp³-hybridized carbons (Fsp3) is 0.580. The number of hydrogen-bond acceptors (Lipinski definition) is 7. The highest BCUT2D eigenvalue weighted by Crippen LogP contribution is 2.11. The van der Waals surface area contributed by atoms with Crippen LogP contribution in [0.15, 0.2) is 109 Å². The molecule has 326 valence electrons.